The van der Waals surface area contributed by atoms with Crippen LogP contribution in [-0.2, 0) is 24.6 Å². The Kier molecular flexibility index (Phi) is 7.83. The summed E-state index contributed by atoms with van der Waals surface area (Å²) in [4.78, 5) is 69.8. The van der Waals surface area contributed by atoms with Crippen molar-refractivity contribution in [3.05, 3.63) is 93.5 Å². The minimum Gasteiger partial charge on any atom is -0.508 e. The number of allylic oxidation sites excluding steroid dienone is 2. The zero-order chi connectivity index (χ0) is 34.9. The van der Waals surface area contributed by atoms with Crippen molar-refractivity contribution in [2.45, 2.75) is 24.2 Å². The lowest BCUT2D eigenvalue weighted by Crippen LogP contribution is -2.53. The van der Waals surface area contributed by atoms with Crippen LogP contribution in [0.5, 0.6) is 17.2 Å². The quantitative estimate of drug-likeness (QED) is 0.242. The molecular weight excluding hydrogens is 675 g/mol. The maximum atomic E-state index is 15.3. The summed E-state index contributed by atoms with van der Waals surface area (Å²) in [6.45, 7) is 0. The molecule has 1 saturated carbocycles. The van der Waals surface area contributed by atoms with Gasteiger partial charge >= 0.3 is 6.03 Å². The van der Waals surface area contributed by atoms with E-state index in [9.17, 15) is 24.3 Å². The average molecular weight is 706 g/mol. The number of fused-ring (bicyclic) bond motifs is 4. The van der Waals surface area contributed by atoms with E-state index in [0.29, 0.717) is 26.8 Å². The number of urea groups is 1. The van der Waals surface area contributed by atoms with Gasteiger partial charge in [0.25, 0.3) is 11.8 Å². The number of likely N-dealkylation sites (tertiary alicyclic amines) is 1. The first-order valence-electron chi connectivity index (χ1n) is 15.4. The number of benzene rings is 3. The van der Waals surface area contributed by atoms with Crippen LogP contribution in [0, 0.1) is 23.7 Å². The van der Waals surface area contributed by atoms with E-state index < -0.39 is 64.7 Å². The number of ether oxygens (including phenoxy) is 2. The molecule has 0 spiro atoms. The summed E-state index contributed by atoms with van der Waals surface area (Å²) in [5.41, 5.74) is 8.10. The highest BCUT2D eigenvalue weighted by Crippen LogP contribution is 2.66. The van der Waals surface area contributed by atoms with Crippen molar-refractivity contribution in [3.63, 3.8) is 0 Å². The highest BCUT2D eigenvalue weighted by Gasteiger charge is 2.71. The molecule has 6 unspecified atom stereocenters. The van der Waals surface area contributed by atoms with Gasteiger partial charge in [-0.05, 0) is 66.8 Å². The molecule has 12 nitrogen and oxygen atoms in total. The van der Waals surface area contributed by atoms with E-state index in [1.807, 2.05) is 0 Å². The number of methoxy groups -OCH3 is 2. The number of hydrogen-bond acceptors (Lipinski definition) is 9. The zero-order valence-corrected chi connectivity index (χ0v) is 27.7. The van der Waals surface area contributed by atoms with Crippen LogP contribution in [-0.4, -0.2) is 58.9 Å². The number of primary amides is 1. The smallest absolute Gasteiger partial charge is 0.328 e. The predicted octanol–water partition coefficient (Wildman–Crippen LogP) is 4.78. The fourth-order valence-electron chi connectivity index (χ4n) is 8.38. The first-order valence-corrected chi connectivity index (χ1v) is 16.2. The maximum absolute atomic E-state index is 15.3. The second-order valence-electron chi connectivity index (χ2n) is 12.5. The number of nitrogens with one attached hydrogen (secondary N) is 1. The van der Waals surface area contributed by atoms with Gasteiger partial charge in [0, 0.05) is 16.5 Å². The number of carbonyl (C=O) groups excluding carboxylic acids is 5. The van der Waals surface area contributed by atoms with Crippen molar-refractivity contribution in [2.24, 2.45) is 29.4 Å². The molecule has 2 saturated heterocycles. The van der Waals surface area contributed by atoms with E-state index in [2.05, 4.69) is 5.43 Å². The Balaban J connectivity index is 1.50. The lowest BCUT2D eigenvalue weighted by Gasteiger charge is -2.50. The summed E-state index contributed by atoms with van der Waals surface area (Å²) in [6, 6.07) is 14.8. The Morgan fingerprint density at radius 3 is 2.35 bits per heavy atom. The number of imide groups is 4. The van der Waals surface area contributed by atoms with Gasteiger partial charge in [-0.25, -0.2) is 4.79 Å². The minimum atomic E-state index is -1.72. The van der Waals surface area contributed by atoms with Crippen molar-refractivity contribution in [1.29, 1.82) is 0 Å². The molecule has 0 aromatic heterocycles. The summed E-state index contributed by atoms with van der Waals surface area (Å²) >= 11 is 12.6. The average Bonchev–Trinajstić information content (AvgIpc) is 3.47. The van der Waals surface area contributed by atoms with Gasteiger partial charge in [0.15, 0.2) is 0 Å². The van der Waals surface area contributed by atoms with Crippen LogP contribution in [0.3, 0.4) is 0 Å². The molecule has 14 heteroatoms. The van der Waals surface area contributed by atoms with E-state index >= 15 is 4.79 Å². The molecule has 0 bridgehead atoms. The van der Waals surface area contributed by atoms with Crippen LogP contribution in [0.4, 0.5) is 10.5 Å². The molecule has 49 heavy (non-hydrogen) atoms. The van der Waals surface area contributed by atoms with Gasteiger partial charge in [-0.15, -0.1) is 0 Å². The summed E-state index contributed by atoms with van der Waals surface area (Å²) in [5.74, 6) is -7.19. The molecule has 3 aromatic rings. The number of nitrogens with zero attached hydrogens (tertiary/aromatic N) is 2. The summed E-state index contributed by atoms with van der Waals surface area (Å²) < 4.78 is 11.2. The fraction of sp³-hybridized carbons (Fsp3) is 0.286. The van der Waals surface area contributed by atoms with Crippen LogP contribution >= 0.6 is 23.2 Å². The third kappa shape index (κ3) is 4.61. The van der Waals surface area contributed by atoms with Crippen LogP contribution in [0.15, 0.2) is 72.3 Å². The van der Waals surface area contributed by atoms with Crippen molar-refractivity contribution in [2.75, 3.05) is 19.6 Å². The molecule has 4 aliphatic rings. The number of hydrazine groups is 1. The first-order chi connectivity index (χ1) is 23.4. The Morgan fingerprint density at radius 1 is 0.959 bits per heavy atom. The van der Waals surface area contributed by atoms with Crippen molar-refractivity contribution < 1.29 is 38.6 Å². The van der Waals surface area contributed by atoms with Gasteiger partial charge in [0.1, 0.15) is 17.2 Å². The van der Waals surface area contributed by atoms with Crippen molar-refractivity contribution in [1.82, 2.24) is 9.91 Å². The number of hydrogen-bond donors (Lipinski definition) is 3. The van der Waals surface area contributed by atoms with Crippen LogP contribution in [0.2, 0.25) is 10.0 Å². The number of anilines is 1. The molecule has 3 aromatic carbocycles. The van der Waals surface area contributed by atoms with E-state index in [1.54, 1.807) is 48.5 Å². The Labute approximate surface area is 290 Å². The second-order valence-corrected chi connectivity index (χ2v) is 13.3. The topological polar surface area (TPSA) is 169 Å². The lowest BCUT2D eigenvalue weighted by molar-refractivity contribution is -0.139. The zero-order valence-electron chi connectivity index (χ0n) is 26.2. The van der Waals surface area contributed by atoms with Crippen LogP contribution in [0.25, 0.3) is 0 Å². The van der Waals surface area contributed by atoms with Gasteiger partial charge in [-0.1, -0.05) is 53.1 Å². The van der Waals surface area contributed by atoms with Crippen molar-refractivity contribution in [3.8, 4) is 17.2 Å². The van der Waals surface area contributed by atoms with Crippen LogP contribution in [0.1, 0.15) is 29.9 Å². The number of carbonyl (C=O) groups is 5. The Hall–Kier alpha value is -5.07. The number of phenols is 1. The SMILES string of the molecule is COc1ccc(C23C(=O)N(Nc4ccc(Cl)cc4Cl)C(=O)C2CC2C(=CCC4C(=O)N(C(N)=O)C(=O)C42)C3c2c(O)cccc2OC)cc1. The summed E-state index contributed by atoms with van der Waals surface area (Å²) in [6.07, 6.45) is 1.79. The number of halogens is 2. The highest BCUT2D eigenvalue weighted by molar-refractivity contribution is 6.36. The third-order valence-corrected chi connectivity index (χ3v) is 10.9. The number of phenolic OH excluding ortho intramolecular Hbond substituents is 1. The fourth-order valence-corrected chi connectivity index (χ4v) is 8.83. The molecule has 0 radical (unpaired) electrons. The molecule has 7 rings (SSSR count). The number of amides is 6. The van der Waals surface area contributed by atoms with E-state index in [0.717, 1.165) is 5.01 Å². The maximum Gasteiger partial charge on any atom is 0.328 e. The van der Waals surface area contributed by atoms with E-state index in [1.165, 1.54) is 32.4 Å². The number of aromatic hydroxyl groups is 1. The number of nitrogens with two attached hydrogens (primary N) is 1. The molecule has 6 atom stereocenters. The van der Waals surface area contributed by atoms with Gasteiger partial charge in [0.2, 0.25) is 11.8 Å². The molecule has 6 amide bonds. The molecule has 4 N–H and O–H groups in total. The van der Waals surface area contributed by atoms with E-state index in [-0.39, 0.29) is 40.6 Å². The highest BCUT2D eigenvalue weighted by atomic mass is 35.5. The molecule has 2 aliphatic carbocycles. The second kappa shape index (κ2) is 11.8. The molecule has 252 valence electrons. The molecule has 3 fully saturated rings. The Bertz CT molecular complexity index is 1980. The monoisotopic (exact) mass is 704 g/mol. The van der Waals surface area contributed by atoms with E-state index in [4.69, 9.17) is 38.4 Å². The summed E-state index contributed by atoms with van der Waals surface area (Å²) in [7, 11) is 2.92. The first kappa shape index (κ1) is 32.5. The lowest BCUT2D eigenvalue weighted by atomic mass is 9.49. The normalized spacial score (nSPS) is 27.3. The standard InChI is InChI=1S/C35H30Cl2N4O8/c1-48-18-9-6-16(7-10-18)35-22(31(44)41(33(35)46)39-24-13-8-17(36)14-23(24)37)15-21-19(29(35)28-25(42)4-3-5-26(28)49-2)11-12-20-27(21)32(45)40(30(20)43)34(38)47/h3-11,13-14,20-22,27,29,39,42H,12,15H2,1-2H3,(H2,38,47). The van der Waals surface area contributed by atoms with Gasteiger partial charge in [0.05, 0.1) is 48.1 Å². The van der Waals surface area contributed by atoms with Gasteiger partial charge in [-0.2, -0.15) is 9.91 Å². The molecule has 2 aliphatic heterocycles. The van der Waals surface area contributed by atoms with Gasteiger partial charge in [-0.3, -0.25) is 24.6 Å². The summed E-state index contributed by atoms with van der Waals surface area (Å²) in [5, 5.41) is 13.0. The molecule has 2 heterocycles. The van der Waals surface area contributed by atoms with Crippen molar-refractivity contribution >= 4 is 58.5 Å². The Morgan fingerprint density at radius 2 is 1.69 bits per heavy atom. The molecular formula is C35H30Cl2N4O8. The van der Waals surface area contributed by atoms with Gasteiger partial charge < -0.3 is 20.3 Å². The largest absolute Gasteiger partial charge is 0.508 e. The predicted molar refractivity (Wildman–Crippen MR) is 177 cm³/mol. The minimum absolute atomic E-state index is 0.0475. The number of rotatable bonds is 6. The van der Waals surface area contributed by atoms with Crippen LogP contribution < -0.4 is 20.6 Å². The third-order valence-electron chi connectivity index (χ3n) is 10.4.